The molecule has 0 radical (unpaired) electrons. The largest absolute Gasteiger partial charge is 0.858 e. The fourth-order valence-electron chi connectivity index (χ4n) is 2.93. The number of carbonyl (C=O) groups is 1. The van der Waals surface area contributed by atoms with Crippen molar-refractivity contribution in [1.29, 1.82) is 0 Å². The van der Waals surface area contributed by atoms with Crippen molar-refractivity contribution in [1.82, 2.24) is 9.55 Å². The minimum atomic E-state index is -3.72. The zero-order chi connectivity index (χ0) is 18.6. The fourth-order valence-corrected chi connectivity index (χ4v) is 3.35. The highest BCUT2D eigenvalue weighted by atomic mass is 31.2. The van der Waals surface area contributed by atoms with E-state index in [9.17, 15) is 19.4 Å². The molecule has 0 aliphatic carbocycles. The summed E-state index contributed by atoms with van der Waals surface area (Å²) in [6.07, 6.45) is -1.88. The van der Waals surface area contributed by atoms with Crippen molar-refractivity contribution in [2.24, 2.45) is 5.73 Å². The van der Waals surface area contributed by atoms with Crippen LogP contribution in [0.25, 0.3) is 0 Å². The van der Waals surface area contributed by atoms with Gasteiger partial charge in [0.25, 0.3) is 5.91 Å². The number of carbonyl (C=O) groups excluding carboxylic acids is 1. The van der Waals surface area contributed by atoms with E-state index in [-0.39, 0.29) is 6.61 Å². The summed E-state index contributed by atoms with van der Waals surface area (Å²) in [5, 5.41) is 12.3. The molecule has 5 atom stereocenters. The van der Waals surface area contributed by atoms with E-state index in [4.69, 9.17) is 24.5 Å². The van der Waals surface area contributed by atoms with Crippen LogP contribution in [-0.2, 0) is 23.3 Å². The predicted octanol–water partition coefficient (Wildman–Crippen LogP) is -0.695. The molecule has 140 valence electrons. The average Bonchev–Trinajstić information content (AvgIpc) is 3.07. The third-order valence-corrected chi connectivity index (χ3v) is 4.49. The highest BCUT2D eigenvalue weighted by molar-refractivity contribution is 7.51. The van der Waals surface area contributed by atoms with E-state index in [1.54, 1.807) is 13.8 Å². The molecule has 0 bridgehead atoms. The Morgan fingerprint density at radius 2 is 2.16 bits per heavy atom. The minimum absolute atomic E-state index is 0.229. The second-order valence-electron chi connectivity index (χ2n) is 6.40. The van der Waals surface area contributed by atoms with Gasteiger partial charge in [-0.1, -0.05) is 0 Å². The highest BCUT2D eigenvalue weighted by Crippen LogP contribution is 2.45. The van der Waals surface area contributed by atoms with Crippen LogP contribution < -0.4 is 10.8 Å². The van der Waals surface area contributed by atoms with Crippen molar-refractivity contribution >= 4 is 13.5 Å². The van der Waals surface area contributed by atoms with Gasteiger partial charge in [-0.15, -0.1) is 0 Å². The maximum Gasteiger partial charge on any atom is 0.325 e. The Morgan fingerprint density at radius 3 is 2.72 bits per heavy atom. The zero-order valence-electron chi connectivity index (χ0n) is 13.8. The molecule has 11 nitrogen and oxygen atoms in total. The zero-order valence-corrected chi connectivity index (χ0v) is 14.7. The molecule has 25 heavy (non-hydrogen) atoms. The number of rotatable bonds is 5. The lowest BCUT2D eigenvalue weighted by atomic mass is 10.1. The van der Waals surface area contributed by atoms with Crippen molar-refractivity contribution in [3.63, 3.8) is 0 Å². The molecule has 0 saturated carbocycles. The predicted molar refractivity (Wildman–Crippen MR) is 79.6 cm³/mol. The fraction of sp³-hybridized carbons (Fsp3) is 0.692. The smallest absolute Gasteiger partial charge is 0.325 e. The number of hydrogen-bond donors (Lipinski definition) is 2. The summed E-state index contributed by atoms with van der Waals surface area (Å²) in [7, 11) is -3.72. The van der Waals surface area contributed by atoms with E-state index in [1.807, 2.05) is 0 Å². The summed E-state index contributed by atoms with van der Waals surface area (Å²) in [5.74, 6) is -2.61. The lowest BCUT2D eigenvalue weighted by Crippen LogP contribution is -2.32. The molecule has 0 spiro atoms. The number of imidazole rings is 1. The third kappa shape index (κ3) is 3.57. The summed E-state index contributed by atoms with van der Waals surface area (Å²) in [4.78, 5) is 24.2. The summed E-state index contributed by atoms with van der Waals surface area (Å²) < 4.78 is 34.7. The van der Waals surface area contributed by atoms with Gasteiger partial charge < -0.3 is 39.0 Å². The Morgan fingerprint density at radius 1 is 1.52 bits per heavy atom. The molecule has 2 fully saturated rings. The quantitative estimate of drug-likeness (QED) is 0.634. The van der Waals surface area contributed by atoms with Crippen molar-refractivity contribution in [2.45, 2.75) is 44.2 Å². The molecular weight excluding hydrogens is 357 g/mol. The van der Waals surface area contributed by atoms with E-state index in [2.05, 4.69) is 4.98 Å². The number of amides is 1. The van der Waals surface area contributed by atoms with Crippen molar-refractivity contribution in [3.05, 3.63) is 12.0 Å². The Bertz CT molecular complexity index is 729. The van der Waals surface area contributed by atoms with Gasteiger partial charge in [0.2, 0.25) is 0 Å². The molecule has 1 aromatic rings. The second kappa shape index (κ2) is 6.04. The molecule has 1 amide bonds. The number of primary amides is 1. The molecule has 3 rings (SSSR count). The maximum absolute atomic E-state index is 12.3. The van der Waals surface area contributed by atoms with Crippen LogP contribution in [-0.4, -0.2) is 57.7 Å². The number of hydrogen-bond acceptors (Lipinski definition) is 8. The number of nitrogens with two attached hydrogens (primary N) is 1. The van der Waals surface area contributed by atoms with Crippen molar-refractivity contribution in [3.8, 4) is 5.88 Å². The van der Waals surface area contributed by atoms with Crippen LogP contribution >= 0.6 is 7.60 Å². The number of ether oxygens (including phenoxy) is 3. The number of fused-ring (bicyclic) bond motifs is 1. The van der Waals surface area contributed by atoms with Crippen LogP contribution in [0.2, 0.25) is 0 Å². The van der Waals surface area contributed by atoms with Crippen LogP contribution in [0, 0.1) is 0 Å². The third-order valence-electron chi connectivity index (χ3n) is 3.86. The Kier molecular flexibility index (Phi) is 4.43. The summed E-state index contributed by atoms with van der Waals surface area (Å²) in [6.45, 7) is 4.21. The standard InChI is InChI=1S/C13H20N3O8P/c1-13(2)23-8-6(4-21-25(3,19)20)22-12(9(8)24-13)16-5-15-7(10(14)17)11(16)18/h5-6,8-9,12,18H,4H2,1-3H3,(H2,14,17)(H,19,20)/p-1/t6-,8-,9-,12-/m1/s1. The van der Waals surface area contributed by atoms with Crippen molar-refractivity contribution in [2.75, 3.05) is 13.3 Å². The van der Waals surface area contributed by atoms with Crippen LogP contribution in [0.3, 0.4) is 0 Å². The lowest BCUT2D eigenvalue weighted by Gasteiger charge is -2.26. The summed E-state index contributed by atoms with van der Waals surface area (Å²) >= 11 is 0. The van der Waals surface area contributed by atoms with Gasteiger partial charge in [0.1, 0.15) is 24.0 Å². The molecule has 1 aromatic heterocycles. The Labute approximate surface area is 143 Å². The Balaban J connectivity index is 1.87. The second-order valence-corrected chi connectivity index (χ2v) is 8.26. The van der Waals surface area contributed by atoms with Crippen LogP contribution in [0.5, 0.6) is 5.88 Å². The van der Waals surface area contributed by atoms with Gasteiger partial charge in [0, 0.05) is 6.66 Å². The molecule has 1 unspecified atom stereocenters. The van der Waals surface area contributed by atoms with Crippen LogP contribution in [0.15, 0.2) is 6.33 Å². The molecule has 3 heterocycles. The number of nitrogens with zero attached hydrogens (tertiary/aromatic N) is 2. The van der Waals surface area contributed by atoms with Gasteiger partial charge in [-0.3, -0.25) is 9.36 Å². The topological polar surface area (TPSA) is 158 Å². The Hall–Kier alpha value is -1.49. The summed E-state index contributed by atoms with van der Waals surface area (Å²) in [5.41, 5.74) is 4.70. The highest BCUT2D eigenvalue weighted by Gasteiger charge is 2.56. The first kappa shape index (κ1) is 18.3. The molecular formula is C13H19N3O8P-. The van der Waals surface area contributed by atoms with Gasteiger partial charge in [0.15, 0.2) is 12.0 Å². The molecule has 2 saturated heterocycles. The van der Waals surface area contributed by atoms with Gasteiger partial charge >= 0.3 is 7.60 Å². The molecule has 2 aliphatic rings. The number of aromatic nitrogens is 2. The normalized spacial score (nSPS) is 33.1. The lowest BCUT2D eigenvalue weighted by molar-refractivity contribution is -0.286. The molecule has 2 aliphatic heterocycles. The molecule has 0 aromatic carbocycles. The monoisotopic (exact) mass is 376 g/mol. The van der Waals surface area contributed by atoms with E-state index in [0.29, 0.717) is 0 Å². The molecule has 3 N–H and O–H groups in total. The maximum atomic E-state index is 12.3. The first-order chi connectivity index (χ1) is 11.5. The van der Waals surface area contributed by atoms with Gasteiger partial charge in [-0.05, 0) is 19.7 Å². The average molecular weight is 376 g/mol. The van der Waals surface area contributed by atoms with Gasteiger partial charge in [-0.25, -0.2) is 4.98 Å². The van der Waals surface area contributed by atoms with E-state index < -0.39 is 55.4 Å². The first-order valence-corrected chi connectivity index (χ1v) is 9.50. The summed E-state index contributed by atoms with van der Waals surface area (Å²) in [6, 6.07) is 0. The first-order valence-electron chi connectivity index (χ1n) is 7.48. The van der Waals surface area contributed by atoms with Gasteiger partial charge in [0.05, 0.1) is 12.9 Å². The van der Waals surface area contributed by atoms with Crippen LogP contribution in [0.4, 0.5) is 0 Å². The minimum Gasteiger partial charge on any atom is -0.858 e. The van der Waals surface area contributed by atoms with Crippen LogP contribution in [0.1, 0.15) is 30.6 Å². The van der Waals surface area contributed by atoms with E-state index in [1.165, 1.54) is 0 Å². The van der Waals surface area contributed by atoms with E-state index >= 15 is 0 Å². The van der Waals surface area contributed by atoms with Crippen molar-refractivity contribution < 1.29 is 38.1 Å². The SMILES string of the molecule is CC1(C)O[C@@H]2[C@H](O1)[C@@H](COP(C)(=O)O)O[C@H]2n1cnc(C(N)=O)c1[O-]. The van der Waals surface area contributed by atoms with Gasteiger partial charge in [-0.2, -0.15) is 0 Å². The van der Waals surface area contributed by atoms with E-state index in [0.717, 1.165) is 17.6 Å². The molecule has 12 heteroatoms.